The van der Waals surface area contributed by atoms with E-state index in [0.717, 1.165) is 53.5 Å². The predicted octanol–water partition coefficient (Wildman–Crippen LogP) is 4.25. The summed E-state index contributed by atoms with van der Waals surface area (Å²) in [6.45, 7) is 3.09. The highest BCUT2D eigenvalue weighted by Gasteiger charge is 2.23. The number of anilines is 3. The van der Waals surface area contributed by atoms with Gasteiger partial charge in [0.1, 0.15) is 5.82 Å². The number of nitrogens with zero attached hydrogens (tertiary/aromatic N) is 6. The van der Waals surface area contributed by atoms with Crippen LogP contribution >= 0.6 is 0 Å². The second-order valence-electron chi connectivity index (χ2n) is 8.32. The summed E-state index contributed by atoms with van der Waals surface area (Å²) in [6.07, 6.45) is 12.0. The summed E-state index contributed by atoms with van der Waals surface area (Å²) >= 11 is 0. The number of hydrogen-bond acceptors (Lipinski definition) is 7. The molecule has 4 aromatic rings. The van der Waals surface area contributed by atoms with Crippen molar-refractivity contribution in [3.8, 4) is 0 Å². The molecule has 0 N–H and O–H groups in total. The van der Waals surface area contributed by atoms with Crippen molar-refractivity contribution < 1.29 is 4.74 Å². The summed E-state index contributed by atoms with van der Waals surface area (Å²) in [4.78, 5) is 22.7. The Balaban J connectivity index is 1.51. The SMILES string of the molecule is CN(c1cccnc1N1CCOCC1)c1ncccc1CC(c1cccnc1)c1cccnc1. The van der Waals surface area contributed by atoms with Gasteiger partial charge in [-0.2, -0.15) is 0 Å². The van der Waals surface area contributed by atoms with Crippen molar-refractivity contribution in [1.29, 1.82) is 0 Å². The molecule has 0 aliphatic carbocycles. The molecule has 0 spiro atoms. The molecule has 1 aliphatic rings. The van der Waals surface area contributed by atoms with Gasteiger partial charge in [0.25, 0.3) is 0 Å². The summed E-state index contributed by atoms with van der Waals surface area (Å²) in [5.74, 6) is 2.00. The first-order chi connectivity index (χ1) is 16.8. The first-order valence-corrected chi connectivity index (χ1v) is 11.6. The van der Waals surface area contributed by atoms with Crippen molar-refractivity contribution >= 4 is 17.3 Å². The van der Waals surface area contributed by atoms with Crippen molar-refractivity contribution in [2.75, 3.05) is 43.2 Å². The van der Waals surface area contributed by atoms with Crippen LogP contribution in [0, 0.1) is 0 Å². The minimum atomic E-state index is 0.117. The van der Waals surface area contributed by atoms with Gasteiger partial charge >= 0.3 is 0 Å². The Morgan fingerprint density at radius 1 is 0.853 bits per heavy atom. The van der Waals surface area contributed by atoms with Crippen LogP contribution in [-0.2, 0) is 11.2 Å². The quantitative estimate of drug-likeness (QED) is 0.415. The van der Waals surface area contributed by atoms with Crippen molar-refractivity contribution in [2.24, 2.45) is 0 Å². The molecule has 5 rings (SSSR count). The van der Waals surface area contributed by atoms with E-state index in [1.807, 2.05) is 61.4 Å². The van der Waals surface area contributed by atoms with E-state index in [2.05, 4.69) is 51.1 Å². The maximum Gasteiger partial charge on any atom is 0.152 e. The first kappa shape index (κ1) is 22.0. The monoisotopic (exact) mass is 452 g/mol. The zero-order valence-corrected chi connectivity index (χ0v) is 19.3. The van der Waals surface area contributed by atoms with E-state index in [-0.39, 0.29) is 5.92 Å². The molecule has 5 heterocycles. The topological polar surface area (TPSA) is 67.3 Å². The molecule has 1 fully saturated rings. The number of aromatic nitrogens is 4. The molecule has 34 heavy (non-hydrogen) atoms. The number of hydrogen-bond donors (Lipinski definition) is 0. The highest BCUT2D eigenvalue weighted by atomic mass is 16.5. The molecule has 1 saturated heterocycles. The van der Waals surface area contributed by atoms with Crippen molar-refractivity contribution in [1.82, 2.24) is 19.9 Å². The Bertz CT molecular complexity index is 1160. The lowest BCUT2D eigenvalue weighted by Crippen LogP contribution is -2.37. The normalized spacial score (nSPS) is 13.8. The fourth-order valence-electron chi connectivity index (χ4n) is 4.49. The second-order valence-corrected chi connectivity index (χ2v) is 8.32. The average molecular weight is 453 g/mol. The van der Waals surface area contributed by atoms with Crippen LogP contribution in [0.5, 0.6) is 0 Å². The molecule has 1 aliphatic heterocycles. The number of pyridine rings is 4. The van der Waals surface area contributed by atoms with Crippen molar-refractivity contribution in [3.63, 3.8) is 0 Å². The molecule has 7 heteroatoms. The fraction of sp³-hybridized carbons (Fsp3) is 0.259. The zero-order valence-electron chi connectivity index (χ0n) is 19.3. The standard InChI is InChI=1S/C27H28N6O/c1-32(25-9-5-13-31-27(25)33-14-16-34-17-15-33)26-21(6-4-12-30-26)18-24(22-7-2-10-28-19-22)23-8-3-11-29-20-23/h2-13,19-20,24H,14-18H2,1H3. The molecule has 0 unspecified atom stereocenters. The minimum Gasteiger partial charge on any atom is -0.378 e. The Morgan fingerprint density at radius 2 is 1.50 bits per heavy atom. The van der Waals surface area contributed by atoms with E-state index in [0.29, 0.717) is 13.2 Å². The smallest absolute Gasteiger partial charge is 0.152 e. The Morgan fingerprint density at radius 3 is 2.18 bits per heavy atom. The van der Waals surface area contributed by atoms with Gasteiger partial charge in [-0.15, -0.1) is 0 Å². The molecule has 172 valence electrons. The van der Waals surface area contributed by atoms with Crippen LogP contribution in [0.4, 0.5) is 17.3 Å². The summed E-state index contributed by atoms with van der Waals surface area (Å²) in [5.41, 5.74) is 4.50. The van der Waals surface area contributed by atoms with E-state index in [4.69, 9.17) is 14.7 Å². The molecule has 0 saturated carbocycles. The fourth-order valence-corrected chi connectivity index (χ4v) is 4.49. The summed E-state index contributed by atoms with van der Waals surface area (Å²) < 4.78 is 5.55. The second kappa shape index (κ2) is 10.4. The molecule has 0 bridgehead atoms. The first-order valence-electron chi connectivity index (χ1n) is 11.6. The van der Waals surface area contributed by atoms with Gasteiger partial charge in [-0.25, -0.2) is 9.97 Å². The van der Waals surface area contributed by atoms with Gasteiger partial charge in [0, 0.05) is 63.2 Å². The maximum absolute atomic E-state index is 5.55. The minimum absolute atomic E-state index is 0.117. The molecule has 0 aromatic carbocycles. The largest absolute Gasteiger partial charge is 0.378 e. The van der Waals surface area contributed by atoms with Crippen LogP contribution in [0.2, 0.25) is 0 Å². The summed E-state index contributed by atoms with van der Waals surface area (Å²) in [6, 6.07) is 16.5. The Labute approximate surface area is 200 Å². The van der Waals surface area contributed by atoms with Crippen LogP contribution < -0.4 is 9.80 Å². The highest BCUT2D eigenvalue weighted by Crippen LogP contribution is 2.35. The van der Waals surface area contributed by atoms with Crippen molar-refractivity contribution in [3.05, 3.63) is 102 Å². The van der Waals surface area contributed by atoms with E-state index in [1.54, 1.807) is 0 Å². The molecular weight excluding hydrogens is 424 g/mol. The van der Waals surface area contributed by atoms with Crippen LogP contribution in [0.25, 0.3) is 0 Å². The number of rotatable bonds is 7. The van der Waals surface area contributed by atoms with Crippen LogP contribution in [0.15, 0.2) is 85.7 Å². The van der Waals surface area contributed by atoms with Gasteiger partial charge in [-0.1, -0.05) is 18.2 Å². The third-order valence-electron chi connectivity index (χ3n) is 6.22. The van der Waals surface area contributed by atoms with Crippen LogP contribution in [0.3, 0.4) is 0 Å². The van der Waals surface area contributed by atoms with E-state index < -0.39 is 0 Å². The molecule has 0 radical (unpaired) electrons. The lowest BCUT2D eigenvalue weighted by Gasteiger charge is -2.32. The molecular formula is C27H28N6O. The van der Waals surface area contributed by atoms with Gasteiger partial charge < -0.3 is 14.5 Å². The van der Waals surface area contributed by atoms with Crippen molar-refractivity contribution in [2.45, 2.75) is 12.3 Å². The molecule has 0 amide bonds. The molecule has 7 nitrogen and oxygen atoms in total. The third-order valence-corrected chi connectivity index (χ3v) is 6.22. The Kier molecular flexibility index (Phi) is 6.72. The van der Waals surface area contributed by atoms with E-state index >= 15 is 0 Å². The summed E-state index contributed by atoms with van der Waals surface area (Å²) in [5, 5.41) is 0. The van der Waals surface area contributed by atoms with Gasteiger partial charge in [0.05, 0.1) is 18.9 Å². The predicted molar refractivity (Wildman–Crippen MR) is 134 cm³/mol. The maximum atomic E-state index is 5.55. The van der Waals surface area contributed by atoms with E-state index in [1.165, 1.54) is 0 Å². The average Bonchev–Trinajstić information content (AvgIpc) is 2.93. The number of morpholine rings is 1. The van der Waals surface area contributed by atoms with Gasteiger partial charge in [0.15, 0.2) is 5.82 Å². The lowest BCUT2D eigenvalue weighted by molar-refractivity contribution is 0.122. The van der Waals surface area contributed by atoms with Gasteiger partial charge in [-0.3, -0.25) is 9.97 Å². The summed E-state index contributed by atoms with van der Waals surface area (Å²) in [7, 11) is 2.07. The lowest BCUT2D eigenvalue weighted by atomic mass is 9.87. The van der Waals surface area contributed by atoms with Crippen LogP contribution in [-0.4, -0.2) is 53.3 Å². The number of ether oxygens (including phenoxy) is 1. The molecule has 0 atom stereocenters. The van der Waals surface area contributed by atoms with Gasteiger partial charge in [-0.05, 0) is 53.4 Å². The third kappa shape index (κ3) is 4.75. The molecule has 4 aromatic heterocycles. The van der Waals surface area contributed by atoms with E-state index in [9.17, 15) is 0 Å². The Hall–Kier alpha value is -3.84. The highest BCUT2D eigenvalue weighted by molar-refractivity contribution is 5.74. The van der Waals surface area contributed by atoms with Gasteiger partial charge in [0.2, 0.25) is 0 Å². The van der Waals surface area contributed by atoms with Crippen LogP contribution in [0.1, 0.15) is 22.6 Å². The zero-order chi connectivity index (χ0) is 23.2.